The third kappa shape index (κ3) is 1.92. The molecule has 1 aromatic heterocycles. The molecule has 2 N–H and O–H groups in total. The van der Waals surface area contributed by atoms with Crippen molar-refractivity contribution >= 4 is 22.4 Å². The SMILES string of the molecule is Cc1cccc(C)c1Nc1[nH]c2ccccc2c1C#N. The number of nitriles is 1. The van der Waals surface area contributed by atoms with Gasteiger partial charge in [0.1, 0.15) is 17.5 Å². The maximum Gasteiger partial charge on any atom is 0.127 e. The van der Waals surface area contributed by atoms with E-state index >= 15 is 0 Å². The number of H-pyrrole nitrogens is 1. The topological polar surface area (TPSA) is 51.6 Å². The Morgan fingerprint density at radius 3 is 2.40 bits per heavy atom. The Balaban J connectivity index is 2.14. The van der Waals surface area contributed by atoms with Crippen LogP contribution in [0.2, 0.25) is 0 Å². The van der Waals surface area contributed by atoms with Crippen LogP contribution in [0.25, 0.3) is 10.9 Å². The van der Waals surface area contributed by atoms with Gasteiger partial charge in [-0.1, -0.05) is 36.4 Å². The number of fused-ring (bicyclic) bond motifs is 1. The summed E-state index contributed by atoms with van der Waals surface area (Å²) in [6.07, 6.45) is 0. The molecule has 0 atom stereocenters. The fourth-order valence-corrected chi connectivity index (χ4v) is 2.49. The number of hydrogen-bond donors (Lipinski definition) is 2. The molecule has 98 valence electrons. The Morgan fingerprint density at radius 1 is 1.00 bits per heavy atom. The maximum absolute atomic E-state index is 9.41. The molecule has 0 aliphatic heterocycles. The van der Waals surface area contributed by atoms with Crippen molar-refractivity contribution in [3.8, 4) is 6.07 Å². The number of aryl methyl sites for hydroxylation is 2. The predicted molar refractivity (Wildman–Crippen MR) is 82.2 cm³/mol. The first kappa shape index (κ1) is 12.3. The zero-order chi connectivity index (χ0) is 14.1. The summed E-state index contributed by atoms with van der Waals surface area (Å²) >= 11 is 0. The fraction of sp³-hybridized carbons (Fsp3) is 0.118. The lowest BCUT2D eigenvalue weighted by atomic mass is 10.1. The van der Waals surface area contributed by atoms with Gasteiger partial charge in [0.15, 0.2) is 0 Å². The Hall–Kier alpha value is -2.73. The number of anilines is 2. The van der Waals surface area contributed by atoms with Gasteiger partial charge < -0.3 is 10.3 Å². The fourth-order valence-electron chi connectivity index (χ4n) is 2.49. The largest absolute Gasteiger partial charge is 0.340 e. The van der Waals surface area contributed by atoms with Crippen LogP contribution in [0.1, 0.15) is 16.7 Å². The van der Waals surface area contributed by atoms with Crippen LogP contribution in [0, 0.1) is 25.2 Å². The summed E-state index contributed by atoms with van der Waals surface area (Å²) in [7, 11) is 0. The van der Waals surface area contributed by atoms with Crippen molar-refractivity contribution in [1.82, 2.24) is 4.98 Å². The minimum absolute atomic E-state index is 0.656. The van der Waals surface area contributed by atoms with Crippen LogP contribution < -0.4 is 5.32 Å². The molecule has 3 aromatic rings. The highest BCUT2D eigenvalue weighted by atomic mass is 15.0. The van der Waals surface area contributed by atoms with Crippen LogP contribution in [0.15, 0.2) is 42.5 Å². The smallest absolute Gasteiger partial charge is 0.127 e. The highest BCUT2D eigenvalue weighted by Gasteiger charge is 2.12. The molecule has 3 rings (SSSR count). The minimum atomic E-state index is 0.656. The average Bonchev–Trinajstić information content (AvgIpc) is 2.80. The molecule has 20 heavy (non-hydrogen) atoms. The van der Waals surface area contributed by atoms with Crippen LogP contribution >= 0.6 is 0 Å². The van der Waals surface area contributed by atoms with Crippen molar-refractivity contribution < 1.29 is 0 Å². The molecule has 0 unspecified atom stereocenters. The second-order valence-electron chi connectivity index (χ2n) is 4.92. The molecule has 3 nitrogen and oxygen atoms in total. The first-order valence-corrected chi connectivity index (χ1v) is 6.54. The van der Waals surface area contributed by atoms with E-state index in [9.17, 15) is 5.26 Å². The zero-order valence-corrected chi connectivity index (χ0v) is 11.5. The predicted octanol–water partition coefficient (Wildman–Crippen LogP) is 4.40. The second-order valence-corrected chi connectivity index (χ2v) is 4.92. The molecular weight excluding hydrogens is 246 g/mol. The number of hydrogen-bond acceptors (Lipinski definition) is 2. The van der Waals surface area contributed by atoms with E-state index < -0.39 is 0 Å². The first-order chi connectivity index (χ1) is 9.70. The van der Waals surface area contributed by atoms with E-state index in [-0.39, 0.29) is 0 Å². The average molecular weight is 261 g/mol. The number of aromatic nitrogens is 1. The molecule has 0 radical (unpaired) electrons. The Bertz CT molecular complexity index is 802. The van der Waals surface area contributed by atoms with Gasteiger partial charge in [-0.25, -0.2) is 0 Å². The van der Waals surface area contributed by atoms with Crippen molar-refractivity contribution in [3.05, 3.63) is 59.2 Å². The third-order valence-electron chi connectivity index (χ3n) is 3.55. The number of benzene rings is 2. The van der Waals surface area contributed by atoms with E-state index in [0.717, 1.165) is 33.5 Å². The highest BCUT2D eigenvalue weighted by molar-refractivity contribution is 5.92. The summed E-state index contributed by atoms with van der Waals surface area (Å²) in [4.78, 5) is 3.28. The summed E-state index contributed by atoms with van der Waals surface area (Å²) in [5, 5.41) is 13.7. The standard InChI is InChI=1S/C17H15N3/c1-11-6-5-7-12(2)16(11)20-17-14(10-18)13-8-3-4-9-15(13)19-17/h3-9,19-20H,1-2H3. The van der Waals surface area contributed by atoms with Gasteiger partial charge >= 0.3 is 0 Å². The molecule has 0 saturated heterocycles. The molecule has 0 aliphatic carbocycles. The van der Waals surface area contributed by atoms with E-state index in [4.69, 9.17) is 0 Å². The van der Waals surface area contributed by atoms with Crippen molar-refractivity contribution in [2.75, 3.05) is 5.32 Å². The molecule has 0 fully saturated rings. The van der Waals surface area contributed by atoms with Gasteiger partial charge in [0.25, 0.3) is 0 Å². The van der Waals surface area contributed by atoms with Gasteiger partial charge in [-0.15, -0.1) is 0 Å². The summed E-state index contributed by atoms with van der Waals surface area (Å²) < 4.78 is 0. The lowest BCUT2D eigenvalue weighted by Gasteiger charge is -2.11. The molecule has 1 heterocycles. The van der Waals surface area contributed by atoms with Crippen LogP contribution in [0.5, 0.6) is 0 Å². The van der Waals surface area contributed by atoms with E-state index in [0.29, 0.717) is 5.56 Å². The second kappa shape index (κ2) is 4.75. The van der Waals surface area contributed by atoms with E-state index in [1.165, 1.54) is 0 Å². The third-order valence-corrected chi connectivity index (χ3v) is 3.55. The van der Waals surface area contributed by atoms with E-state index in [1.807, 2.05) is 30.3 Å². The molecule has 0 bridgehead atoms. The van der Waals surface area contributed by atoms with Gasteiger partial charge in [0.05, 0.1) is 0 Å². The number of nitrogens with zero attached hydrogens (tertiary/aromatic N) is 1. The molecular formula is C17H15N3. The van der Waals surface area contributed by atoms with Gasteiger partial charge in [-0.2, -0.15) is 5.26 Å². The summed E-state index contributed by atoms with van der Waals surface area (Å²) in [6.45, 7) is 4.12. The number of aromatic amines is 1. The van der Waals surface area contributed by atoms with E-state index in [1.54, 1.807) is 0 Å². The van der Waals surface area contributed by atoms with Gasteiger partial charge in [-0.3, -0.25) is 0 Å². The Labute approximate surface area is 117 Å². The van der Waals surface area contributed by atoms with Gasteiger partial charge in [0, 0.05) is 16.6 Å². The molecule has 0 aliphatic rings. The molecule has 2 aromatic carbocycles. The lowest BCUT2D eigenvalue weighted by Crippen LogP contribution is -1.97. The van der Waals surface area contributed by atoms with Crippen LogP contribution in [0.3, 0.4) is 0 Å². The monoisotopic (exact) mass is 261 g/mol. The highest BCUT2D eigenvalue weighted by Crippen LogP contribution is 2.30. The molecule has 0 amide bonds. The normalized spacial score (nSPS) is 10.4. The number of para-hydroxylation sites is 2. The van der Waals surface area contributed by atoms with Gasteiger partial charge in [0.2, 0.25) is 0 Å². The summed E-state index contributed by atoms with van der Waals surface area (Å²) in [6, 6.07) is 16.3. The minimum Gasteiger partial charge on any atom is -0.340 e. The number of nitrogens with one attached hydrogen (secondary N) is 2. The maximum atomic E-state index is 9.41. The lowest BCUT2D eigenvalue weighted by molar-refractivity contribution is 1.32. The Kier molecular flexibility index (Phi) is 2.92. The summed E-state index contributed by atoms with van der Waals surface area (Å²) in [5.74, 6) is 0.756. The zero-order valence-electron chi connectivity index (χ0n) is 11.5. The molecule has 3 heteroatoms. The Morgan fingerprint density at radius 2 is 1.70 bits per heavy atom. The van der Waals surface area contributed by atoms with Crippen LogP contribution in [0.4, 0.5) is 11.5 Å². The van der Waals surface area contributed by atoms with Crippen molar-refractivity contribution in [1.29, 1.82) is 5.26 Å². The summed E-state index contributed by atoms with van der Waals surface area (Å²) in [5.41, 5.74) is 5.00. The number of rotatable bonds is 2. The first-order valence-electron chi connectivity index (χ1n) is 6.54. The van der Waals surface area contributed by atoms with Gasteiger partial charge in [-0.05, 0) is 31.0 Å². The van der Waals surface area contributed by atoms with Crippen LogP contribution in [-0.4, -0.2) is 4.98 Å². The quantitative estimate of drug-likeness (QED) is 0.718. The molecule has 0 saturated carbocycles. The molecule has 0 spiro atoms. The van der Waals surface area contributed by atoms with Crippen LogP contribution in [-0.2, 0) is 0 Å². The van der Waals surface area contributed by atoms with Crippen molar-refractivity contribution in [2.24, 2.45) is 0 Å². The van der Waals surface area contributed by atoms with E-state index in [2.05, 4.69) is 42.4 Å². The van der Waals surface area contributed by atoms with Crippen molar-refractivity contribution in [2.45, 2.75) is 13.8 Å². The van der Waals surface area contributed by atoms with Crippen molar-refractivity contribution in [3.63, 3.8) is 0 Å².